The molecule has 3 N–H and O–H groups in total. The minimum atomic E-state index is 0.202. The summed E-state index contributed by atoms with van der Waals surface area (Å²) in [6, 6.07) is 5.90. The van der Waals surface area contributed by atoms with Crippen LogP contribution in [0.5, 0.6) is 0 Å². The number of benzene rings is 1. The fraction of sp³-hybridized carbons (Fsp3) is 0.538. The monoisotopic (exact) mass is 240 g/mol. The van der Waals surface area contributed by atoms with Gasteiger partial charge in [-0.3, -0.25) is 0 Å². The Bertz CT molecular complexity index is 348. The molecule has 3 heteroatoms. The van der Waals surface area contributed by atoms with Crippen LogP contribution < -0.4 is 11.1 Å². The first-order chi connectivity index (χ1) is 7.44. The van der Waals surface area contributed by atoms with Crippen LogP contribution in [0.2, 0.25) is 5.02 Å². The summed E-state index contributed by atoms with van der Waals surface area (Å²) in [4.78, 5) is 0. The average molecular weight is 241 g/mol. The van der Waals surface area contributed by atoms with E-state index in [1.54, 1.807) is 0 Å². The molecular formula is C13H21ClN2. The predicted octanol–water partition coefficient (Wildman–Crippen LogP) is 3.44. The highest BCUT2D eigenvalue weighted by Gasteiger charge is 2.14. The van der Waals surface area contributed by atoms with Crippen LogP contribution in [0.3, 0.4) is 0 Å². The zero-order chi connectivity index (χ0) is 12.2. The van der Waals surface area contributed by atoms with Gasteiger partial charge in [-0.05, 0) is 49.1 Å². The molecule has 1 aromatic rings. The first-order valence-corrected chi connectivity index (χ1v) is 6.02. The molecule has 1 aromatic carbocycles. The molecule has 90 valence electrons. The molecule has 0 heterocycles. The quantitative estimate of drug-likeness (QED) is 0.828. The van der Waals surface area contributed by atoms with Crippen LogP contribution in [0.15, 0.2) is 18.2 Å². The molecule has 1 rings (SSSR count). The van der Waals surface area contributed by atoms with Crippen molar-refractivity contribution in [1.82, 2.24) is 0 Å². The first-order valence-electron chi connectivity index (χ1n) is 5.65. The summed E-state index contributed by atoms with van der Waals surface area (Å²) in [5, 5.41) is 4.20. The summed E-state index contributed by atoms with van der Waals surface area (Å²) in [6.45, 7) is 8.08. The van der Waals surface area contributed by atoms with Gasteiger partial charge in [0.1, 0.15) is 0 Å². The summed E-state index contributed by atoms with van der Waals surface area (Å²) in [7, 11) is 0. The van der Waals surface area contributed by atoms with Crippen molar-refractivity contribution in [3.05, 3.63) is 28.8 Å². The molecule has 0 aliphatic carbocycles. The van der Waals surface area contributed by atoms with Gasteiger partial charge < -0.3 is 11.1 Å². The Labute approximate surface area is 103 Å². The van der Waals surface area contributed by atoms with Crippen LogP contribution >= 0.6 is 11.6 Å². The van der Waals surface area contributed by atoms with E-state index in [1.807, 2.05) is 18.2 Å². The second kappa shape index (κ2) is 5.55. The second-order valence-electron chi connectivity index (χ2n) is 5.00. The van der Waals surface area contributed by atoms with E-state index in [9.17, 15) is 0 Å². The molecule has 0 amide bonds. The SMILES string of the molecule is Cc1cc(Cl)ccc1NCCC(C)(C)CN. The highest BCUT2D eigenvalue weighted by atomic mass is 35.5. The number of hydrogen-bond donors (Lipinski definition) is 2. The summed E-state index contributed by atoms with van der Waals surface area (Å²) in [5.74, 6) is 0. The number of aryl methyl sites for hydroxylation is 1. The van der Waals surface area contributed by atoms with Gasteiger partial charge in [0.25, 0.3) is 0 Å². The highest BCUT2D eigenvalue weighted by molar-refractivity contribution is 6.30. The Hall–Kier alpha value is -0.730. The maximum Gasteiger partial charge on any atom is 0.0410 e. The number of nitrogens with two attached hydrogens (primary N) is 1. The summed E-state index contributed by atoms with van der Waals surface area (Å²) in [5.41, 5.74) is 8.22. The molecule has 0 aliphatic heterocycles. The van der Waals surface area contributed by atoms with Gasteiger partial charge in [-0.25, -0.2) is 0 Å². The van der Waals surface area contributed by atoms with Crippen molar-refractivity contribution in [3.63, 3.8) is 0 Å². The number of halogens is 1. The van der Waals surface area contributed by atoms with Crippen molar-refractivity contribution >= 4 is 17.3 Å². The minimum absolute atomic E-state index is 0.202. The minimum Gasteiger partial charge on any atom is -0.385 e. The Kier molecular flexibility index (Phi) is 4.63. The summed E-state index contributed by atoms with van der Waals surface area (Å²) in [6.07, 6.45) is 1.06. The van der Waals surface area contributed by atoms with Crippen molar-refractivity contribution in [2.24, 2.45) is 11.1 Å². The topological polar surface area (TPSA) is 38.0 Å². The molecule has 16 heavy (non-hydrogen) atoms. The van der Waals surface area contributed by atoms with Crippen LogP contribution in [0, 0.1) is 12.3 Å². The number of nitrogens with one attached hydrogen (secondary N) is 1. The van der Waals surface area contributed by atoms with Gasteiger partial charge in [-0.2, -0.15) is 0 Å². The summed E-state index contributed by atoms with van der Waals surface area (Å²) < 4.78 is 0. The van der Waals surface area contributed by atoms with Crippen LogP contribution in [0.1, 0.15) is 25.8 Å². The lowest BCUT2D eigenvalue weighted by atomic mass is 9.90. The number of hydrogen-bond acceptors (Lipinski definition) is 2. The zero-order valence-electron chi connectivity index (χ0n) is 10.3. The van der Waals surface area contributed by atoms with Gasteiger partial charge in [-0.1, -0.05) is 25.4 Å². The van der Waals surface area contributed by atoms with Gasteiger partial charge >= 0.3 is 0 Å². The molecule has 0 aromatic heterocycles. The molecule has 0 atom stereocenters. The third-order valence-corrected chi connectivity index (χ3v) is 3.09. The Morgan fingerprint density at radius 1 is 1.38 bits per heavy atom. The van der Waals surface area contributed by atoms with Gasteiger partial charge in [0.2, 0.25) is 0 Å². The molecule has 0 saturated carbocycles. The largest absolute Gasteiger partial charge is 0.385 e. The van der Waals surface area contributed by atoms with E-state index in [0.29, 0.717) is 6.54 Å². The smallest absolute Gasteiger partial charge is 0.0410 e. The van der Waals surface area contributed by atoms with E-state index in [-0.39, 0.29) is 5.41 Å². The lowest BCUT2D eigenvalue weighted by Crippen LogP contribution is -2.26. The van der Waals surface area contributed by atoms with Crippen LogP contribution in [0.25, 0.3) is 0 Å². The van der Waals surface area contributed by atoms with E-state index < -0.39 is 0 Å². The molecule has 0 unspecified atom stereocenters. The van der Waals surface area contributed by atoms with E-state index in [0.717, 1.165) is 23.7 Å². The van der Waals surface area contributed by atoms with Gasteiger partial charge in [0.15, 0.2) is 0 Å². The molecule has 0 bridgehead atoms. The predicted molar refractivity (Wildman–Crippen MR) is 72.1 cm³/mol. The van der Waals surface area contributed by atoms with Crippen molar-refractivity contribution in [3.8, 4) is 0 Å². The molecule has 0 fully saturated rings. The fourth-order valence-corrected chi connectivity index (χ4v) is 1.69. The van der Waals surface area contributed by atoms with Crippen LogP contribution in [-0.2, 0) is 0 Å². The third-order valence-electron chi connectivity index (χ3n) is 2.86. The second-order valence-corrected chi connectivity index (χ2v) is 5.44. The molecule has 0 radical (unpaired) electrons. The molecular weight excluding hydrogens is 220 g/mol. The van der Waals surface area contributed by atoms with Gasteiger partial charge in [-0.15, -0.1) is 0 Å². The van der Waals surface area contributed by atoms with E-state index in [4.69, 9.17) is 17.3 Å². The Morgan fingerprint density at radius 2 is 2.06 bits per heavy atom. The molecule has 2 nitrogen and oxygen atoms in total. The van der Waals surface area contributed by atoms with Gasteiger partial charge in [0.05, 0.1) is 0 Å². The van der Waals surface area contributed by atoms with Crippen molar-refractivity contribution in [2.75, 3.05) is 18.4 Å². The fourth-order valence-electron chi connectivity index (χ4n) is 1.46. The van der Waals surface area contributed by atoms with Crippen LogP contribution in [-0.4, -0.2) is 13.1 Å². The Balaban J connectivity index is 2.49. The Morgan fingerprint density at radius 3 is 2.62 bits per heavy atom. The number of rotatable bonds is 5. The molecule has 0 saturated heterocycles. The highest BCUT2D eigenvalue weighted by Crippen LogP contribution is 2.21. The first kappa shape index (κ1) is 13.3. The summed E-state index contributed by atoms with van der Waals surface area (Å²) >= 11 is 5.90. The van der Waals surface area contributed by atoms with Crippen molar-refractivity contribution in [2.45, 2.75) is 27.2 Å². The van der Waals surface area contributed by atoms with Crippen molar-refractivity contribution < 1.29 is 0 Å². The van der Waals surface area contributed by atoms with E-state index in [1.165, 1.54) is 5.56 Å². The van der Waals surface area contributed by atoms with E-state index >= 15 is 0 Å². The maximum absolute atomic E-state index is 5.90. The maximum atomic E-state index is 5.90. The molecule has 0 spiro atoms. The lowest BCUT2D eigenvalue weighted by Gasteiger charge is -2.22. The van der Waals surface area contributed by atoms with Crippen molar-refractivity contribution in [1.29, 1.82) is 0 Å². The van der Waals surface area contributed by atoms with Crippen LogP contribution in [0.4, 0.5) is 5.69 Å². The number of anilines is 1. The third kappa shape index (κ3) is 4.03. The average Bonchev–Trinajstić information content (AvgIpc) is 2.21. The van der Waals surface area contributed by atoms with Gasteiger partial charge in [0, 0.05) is 17.3 Å². The molecule has 0 aliphatic rings. The van der Waals surface area contributed by atoms with E-state index in [2.05, 4.69) is 26.1 Å². The normalized spacial score (nSPS) is 11.6. The zero-order valence-corrected chi connectivity index (χ0v) is 11.1. The lowest BCUT2D eigenvalue weighted by molar-refractivity contribution is 0.358. The standard InChI is InChI=1S/C13H21ClN2/c1-10-8-11(14)4-5-12(10)16-7-6-13(2,3)9-15/h4-5,8,16H,6-7,9,15H2,1-3H3.